The predicted molar refractivity (Wildman–Crippen MR) is 100 cm³/mol. The summed E-state index contributed by atoms with van der Waals surface area (Å²) in [5, 5.41) is 0. The maximum absolute atomic E-state index is 5.82. The van der Waals surface area contributed by atoms with Crippen molar-refractivity contribution in [2.45, 2.75) is 7.59 Å². The third kappa shape index (κ3) is 5.25. The van der Waals surface area contributed by atoms with E-state index in [9.17, 15) is 0 Å². The lowest BCUT2D eigenvalue weighted by Gasteiger charge is -2.14. The lowest BCUT2D eigenvalue weighted by Crippen LogP contribution is -2.16. The lowest BCUT2D eigenvalue weighted by molar-refractivity contribution is 0.414. The molecule has 10 heteroatoms. The molecule has 1 aromatic carbocycles. The fraction of sp³-hybridized carbons (Fsp3) is 0.214. The van der Waals surface area contributed by atoms with E-state index in [1.165, 1.54) is 0 Å². The molecule has 24 heavy (non-hydrogen) atoms. The van der Waals surface area contributed by atoms with E-state index in [0.29, 0.717) is 5.75 Å². The van der Waals surface area contributed by atoms with Crippen LogP contribution in [0.4, 0.5) is 0 Å². The highest BCUT2D eigenvalue weighted by Crippen LogP contribution is 2.40. The van der Waals surface area contributed by atoms with E-state index in [0.717, 1.165) is 5.56 Å². The van der Waals surface area contributed by atoms with Crippen molar-refractivity contribution in [2.75, 3.05) is 7.11 Å². The van der Waals surface area contributed by atoms with Crippen molar-refractivity contribution in [1.29, 1.82) is 0 Å². The molecule has 0 aliphatic carbocycles. The van der Waals surface area contributed by atoms with Crippen molar-refractivity contribution < 1.29 is 4.74 Å². The standard InChI is InChI=1S/C14H9Cl6N3O/c1-24-9-5-3-2-4-8(9)6-7-10-21-11(13(15,16)17)23-12(22-10)14(18,19)20/h2-7H,1H3. The van der Waals surface area contributed by atoms with Crippen molar-refractivity contribution in [3.63, 3.8) is 0 Å². The number of nitrogens with zero attached hydrogens (tertiary/aromatic N) is 3. The van der Waals surface area contributed by atoms with Crippen LogP contribution in [0.2, 0.25) is 0 Å². The Labute approximate surface area is 168 Å². The Morgan fingerprint density at radius 2 is 1.38 bits per heavy atom. The van der Waals surface area contributed by atoms with E-state index in [1.807, 2.05) is 24.3 Å². The summed E-state index contributed by atoms with van der Waals surface area (Å²) in [6.45, 7) is 0. The monoisotopic (exact) mass is 445 g/mol. The second-order valence-corrected chi connectivity index (χ2v) is 8.97. The summed E-state index contributed by atoms with van der Waals surface area (Å²) in [6.07, 6.45) is 3.29. The Morgan fingerprint density at radius 3 is 1.88 bits per heavy atom. The molecule has 0 atom stereocenters. The predicted octanol–water partition coefficient (Wildman–Crippen LogP) is 5.70. The molecular formula is C14H9Cl6N3O. The van der Waals surface area contributed by atoms with Crippen LogP contribution in [0.5, 0.6) is 5.75 Å². The Morgan fingerprint density at radius 1 is 0.833 bits per heavy atom. The first-order valence-electron chi connectivity index (χ1n) is 6.33. The fourth-order valence-corrected chi connectivity index (χ4v) is 2.20. The Bertz CT molecular complexity index is 723. The third-order valence-electron chi connectivity index (χ3n) is 2.71. The molecule has 2 aromatic rings. The van der Waals surface area contributed by atoms with Gasteiger partial charge in [-0.05, 0) is 18.2 Å². The average molecular weight is 448 g/mol. The molecule has 0 aliphatic rings. The van der Waals surface area contributed by atoms with E-state index < -0.39 is 7.59 Å². The highest BCUT2D eigenvalue weighted by molar-refractivity contribution is 6.67. The van der Waals surface area contributed by atoms with Crippen LogP contribution < -0.4 is 4.74 Å². The Hall–Kier alpha value is -0.490. The molecule has 1 heterocycles. The van der Waals surface area contributed by atoms with Crippen LogP contribution in [0.25, 0.3) is 12.2 Å². The molecule has 0 radical (unpaired) electrons. The zero-order chi connectivity index (χ0) is 18.0. The van der Waals surface area contributed by atoms with Gasteiger partial charge in [-0.2, -0.15) is 0 Å². The highest BCUT2D eigenvalue weighted by atomic mass is 35.6. The van der Waals surface area contributed by atoms with Gasteiger partial charge in [-0.15, -0.1) is 0 Å². The zero-order valence-corrected chi connectivity index (χ0v) is 16.5. The van der Waals surface area contributed by atoms with E-state index in [1.54, 1.807) is 19.3 Å². The lowest BCUT2D eigenvalue weighted by atomic mass is 10.2. The molecular weight excluding hydrogens is 439 g/mol. The smallest absolute Gasteiger partial charge is 0.250 e. The number of hydrogen-bond donors (Lipinski definition) is 0. The van der Waals surface area contributed by atoms with Crippen molar-refractivity contribution in [3.05, 3.63) is 47.3 Å². The summed E-state index contributed by atoms with van der Waals surface area (Å²) in [5.41, 5.74) is 0.797. The van der Waals surface area contributed by atoms with E-state index >= 15 is 0 Å². The van der Waals surface area contributed by atoms with Gasteiger partial charge in [0.25, 0.3) is 0 Å². The van der Waals surface area contributed by atoms with Gasteiger partial charge in [0, 0.05) is 5.56 Å². The number of para-hydroxylation sites is 1. The molecule has 2 rings (SSSR count). The van der Waals surface area contributed by atoms with Crippen LogP contribution in [-0.2, 0) is 7.59 Å². The fourth-order valence-electron chi connectivity index (χ4n) is 1.69. The molecule has 0 saturated heterocycles. The maximum Gasteiger partial charge on any atom is 0.250 e. The number of rotatable bonds is 3. The van der Waals surface area contributed by atoms with E-state index in [-0.39, 0.29) is 17.5 Å². The van der Waals surface area contributed by atoms with E-state index in [2.05, 4.69) is 15.0 Å². The van der Waals surface area contributed by atoms with Gasteiger partial charge in [-0.1, -0.05) is 87.8 Å². The highest BCUT2D eigenvalue weighted by Gasteiger charge is 2.33. The summed E-state index contributed by atoms with van der Waals surface area (Å²) in [5.74, 6) is 0.538. The first-order chi connectivity index (χ1) is 11.1. The molecule has 128 valence electrons. The molecule has 0 N–H and O–H groups in total. The minimum Gasteiger partial charge on any atom is -0.496 e. The number of methoxy groups -OCH3 is 1. The van der Waals surface area contributed by atoms with Gasteiger partial charge in [0.15, 0.2) is 17.5 Å². The molecule has 4 nitrogen and oxygen atoms in total. The van der Waals surface area contributed by atoms with Gasteiger partial charge in [0.05, 0.1) is 7.11 Å². The van der Waals surface area contributed by atoms with Crippen molar-refractivity contribution in [3.8, 4) is 5.75 Å². The van der Waals surface area contributed by atoms with Gasteiger partial charge in [-0.3, -0.25) is 0 Å². The molecule has 0 unspecified atom stereocenters. The largest absolute Gasteiger partial charge is 0.496 e. The van der Waals surface area contributed by atoms with Crippen molar-refractivity contribution in [1.82, 2.24) is 15.0 Å². The number of alkyl halides is 6. The second-order valence-electron chi connectivity index (χ2n) is 4.41. The first-order valence-corrected chi connectivity index (χ1v) is 8.59. The maximum atomic E-state index is 5.82. The van der Waals surface area contributed by atoms with Crippen LogP contribution >= 0.6 is 69.6 Å². The van der Waals surface area contributed by atoms with Gasteiger partial charge in [0.2, 0.25) is 7.59 Å². The number of hydrogen-bond acceptors (Lipinski definition) is 4. The topological polar surface area (TPSA) is 47.9 Å². The van der Waals surface area contributed by atoms with Gasteiger partial charge < -0.3 is 4.74 Å². The average Bonchev–Trinajstić information content (AvgIpc) is 2.51. The molecule has 0 bridgehead atoms. The quantitative estimate of drug-likeness (QED) is 0.566. The number of ether oxygens (including phenoxy) is 1. The van der Waals surface area contributed by atoms with Crippen LogP contribution in [0, 0.1) is 0 Å². The van der Waals surface area contributed by atoms with E-state index in [4.69, 9.17) is 74.3 Å². The second kappa shape index (κ2) is 7.81. The van der Waals surface area contributed by atoms with Crippen molar-refractivity contribution >= 4 is 81.8 Å². The van der Waals surface area contributed by atoms with Crippen LogP contribution in [0.1, 0.15) is 23.0 Å². The molecule has 0 fully saturated rings. The van der Waals surface area contributed by atoms with Gasteiger partial charge >= 0.3 is 0 Å². The van der Waals surface area contributed by atoms with Crippen LogP contribution in [-0.4, -0.2) is 22.1 Å². The Kier molecular flexibility index (Phi) is 6.46. The third-order valence-corrected chi connectivity index (χ3v) is 3.72. The molecule has 1 aromatic heterocycles. The number of halogens is 6. The van der Waals surface area contributed by atoms with Gasteiger partial charge in [-0.25, -0.2) is 15.0 Å². The number of aromatic nitrogens is 3. The normalized spacial score (nSPS) is 12.6. The SMILES string of the molecule is COc1ccccc1C=Cc1nc(C(Cl)(Cl)Cl)nc(C(Cl)(Cl)Cl)n1. The molecule has 0 saturated carbocycles. The number of benzene rings is 1. The summed E-state index contributed by atoms with van der Waals surface area (Å²) in [6, 6.07) is 7.37. The summed E-state index contributed by atoms with van der Waals surface area (Å²) < 4.78 is 1.48. The minimum atomic E-state index is -1.89. The summed E-state index contributed by atoms with van der Waals surface area (Å²) in [4.78, 5) is 12.0. The van der Waals surface area contributed by atoms with Crippen LogP contribution in [0.15, 0.2) is 24.3 Å². The first kappa shape index (κ1) is 19.8. The summed E-state index contributed by atoms with van der Waals surface area (Å²) >= 11 is 34.9. The van der Waals surface area contributed by atoms with Crippen LogP contribution in [0.3, 0.4) is 0 Å². The molecule has 0 amide bonds. The minimum absolute atomic E-state index is 0.150. The Balaban J connectivity index is 2.48. The zero-order valence-electron chi connectivity index (χ0n) is 12.0. The summed E-state index contributed by atoms with van der Waals surface area (Å²) in [7, 11) is 1.57. The van der Waals surface area contributed by atoms with Crippen molar-refractivity contribution in [2.24, 2.45) is 0 Å². The molecule has 0 spiro atoms. The van der Waals surface area contributed by atoms with Gasteiger partial charge in [0.1, 0.15) is 5.75 Å². The molecule has 0 aliphatic heterocycles.